The summed E-state index contributed by atoms with van der Waals surface area (Å²) >= 11 is 4.02. The summed E-state index contributed by atoms with van der Waals surface area (Å²) in [7, 11) is 1.65. The predicted octanol–water partition coefficient (Wildman–Crippen LogP) is 2.28. The third kappa shape index (κ3) is 2.71. The second-order valence-corrected chi connectivity index (χ2v) is 2.98. The van der Waals surface area contributed by atoms with E-state index in [1.54, 1.807) is 7.11 Å². The van der Waals surface area contributed by atoms with Gasteiger partial charge in [0.05, 0.1) is 18.4 Å². The molecule has 0 aliphatic rings. The second kappa shape index (κ2) is 4.84. The molecule has 68 valence electrons. The minimum Gasteiger partial charge on any atom is -0.495 e. The first-order valence-electron chi connectivity index (χ1n) is 4.02. The Hall–Kier alpha value is -1.07. The Morgan fingerprint density at radius 1 is 1.46 bits per heavy atom. The van der Waals surface area contributed by atoms with Crippen molar-refractivity contribution < 1.29 is 4.74 Å². The molecule has 0 fully saturated rings. The monoisotopic (exact) mass is 192 g/mol. The summed E-state index contributed by atoms with van der Waals surface area (Å²) in [6.45, 7) is 2.03. The predicted molar refractivity (Wildman–Crippen MR) is 58.5 cm³/mol. The molecule has 0 saturated heterocycles. The average molecular weight is 192 g/mol. The molecule has 0 amide bonds. The molecule has 2 heteroatoms. The molecule has 1 rings (SSSR count). The first-order valence-corrected chi connectivity index (χ1v) is 4.65. The minimum absolute atomic E-state index is 0.566. The lowest BCUT2D eigenvalue weighted by Crippen LogP contribution is -1.88. The van der Waals surface area contributed by atoms with Crippen LogP contribution in [0.15, 0.2) is 18.2 Å². The van der Waals surface area contributed by atoms with Crippen LogP contribution in [0.2, 0.25) is 0 Å². The molecule has 0 spiro atoms. The number of aryl methyl sites for hydroxylation is 1. The highest BCUT2D eigenvalue weighted by Crippen LogP contribution is 2.18. The zero-order valence-corrected chi connectivity index (χ0v) is 8.69. The summed E-state index contributed by atoms with van der Waals surface area (Å²) in [6.07, 6.45) is 0. The van der Waals surface area contributed by atoms with Gasteiger partial charge in [0.15, 0.2) is 0 Å². The molecule has 0 saturated carbocycles. The second-order valence-electron chi connectivity index (χ2n) is 2.66. The Kier molecular flexibility index (Phi) is 3.72. The van der Waals surface area contributed by atoms with Crippen molar-refractivity contribution in [3.05, 3.63) is 29.3 Å². The van der Waals surface area contributed by atoms with Crippen molar-refractivity contribution >= 4 is 12.6 Å². The first kappa shape index (κ1) is 10.0. The van der Waals surface area contributed by atoms with Crippen LogP contribution in [0.1, 0.15) is 11.1 Å². The molecule has 0 aromatic heterocycles. The Morgan fingerprint density at radius 3 is 2.85 bits per heavy atom. The molecule has 13 heavy (non-hydrogen) atoms. The number of benzene rings is 1. The van der Waals surface area contributed by atoms with Crippen LogP contribution in [0.25, 0.3) is 0 Å². The Morgan fingerprint density at radius 2 is 2.23 bits per heavy atom. The van der Waals surface area contributed by atoms with Gasteiger partial charge in [0.2, 0.25) is 0 Å². The van der Waals surface area contributed by atoms with Crippen LogP contribution in [0.5, 0.6) is 5.75 Å². The van der Waals surface area contributed by atoms with Crippen molar-refractivity contribution in [2.75, 3.05) is 12.9 Å². The number of methoxy groups -OCH3 is 1. The Bertz CT molecular complexity index is 347. The SMILES string of the molecule is COc1cc(C)ccc1C#CCS. The van der Waals surface area contributed by atoms with E-state index in [9.17, 15) is 0 Å². The van der Waals surface area contributed by atoms with Crippen LogP contribution in [0, 0.1) is 18.8 Å². The van der Waals surface area contributed by atoms with Crippen LogP contribution in [0.4, 0.5) is 0 Å². The van der Waals surface area contributed by atoms with Crippen molar-refractivity contribution in [2.24, 2.45) is 0 Å². The molecule has 0 atom stereocenters. The van der Waals surface area contributed by atoms with E-state index in [0.29, 0.717) is 5.75 Å². The normalized spacial score (nSPS) is 8.85. The summed E-state index contributed by atoms with van der Waals surface area (Å²) < 4.78 is 5.20. The highest BCUT2D eigenvalue weighted by molar-refractivity contribution is 7.80. The molecule has 0 N–H and O–H groups in total. The van der Waals surface area contributed by atoms with Gasteiger partial charge in [0.1, 0.15) is 5.75 Å². The van der Waals surface area contributed by atoms with Gasteiger partial charge in [-0.1, -0.05) is 17.9 Å². The summed E-state index contributed by atoms with van der Waals surface area (Å²) in [6, 6.07) is 5.96. The van der Waals surface area contributed by atoms with E-state index in [1.165, 1.54) is 5.56 Å². The summed E-state index contributed by atoms with van der Waals surface area (Å²) in [4.78, 5) is 0. The van der Waals surface area contributed by atoms with Gasteiger partial charge in [-0.25, -0.2) is 0 Å². The molecule has 1 aromatic carbocycles. The maximum Gasteiger partial charge on any atom is 0.134 e. The number of hydrogen-bond acceptors (Lipinski definition) is 2. The van der Waals surface area contributed by atoms with E-state index in [4.69, 9.17) is 4.74 Å². The van der Waals surface area contributed by atoms with Crippen LogP contribution in [0.3, 0.4) is 0 Å². The van der Waals surface area contributed by atoms with Gasteiger partial charge in [-0.3, -0.25) is 0 Å². The molecule has 1 nitrogen and oxygen atoms in total. The molecular formula is C11H12OS. The highest BCUT2D eigenvalue weighted by Gasteiger charge is 1.98. The van der Waals surface area contributed by atoms with Gasteiger partial charge in [-0.2, -0.15) is 12.6 Å². The molecule has 0 bridgehead atoms. The van der Waals surface area contributed by atoms with Crippen LogP contribution in [-0.2, 0) is 0 Å². The van der Waals surface area contributed by atoms with E-state index in [2.05, 4.69) is 24.5 Å². The number of rotatable bonds is 1. The third-order valence-corrected chi connectivity index (χ3v) is 1.82. The minimum atomic E-state index is 0.566. The number of hydrogen-bond donors (Lipinski definition) is 1. The largest absolute Gasteiger partial charge is 0.495 e. The number of thiol groups is 1. The Labute approximate surface area is 84.5 Å². The number of ether oxygens (including phenoxy) is 1. The molecule has 0 unspecified atom stereocenters. The third-order valence-electron chi connectivity index (χ3n) is 1.66. The molecule has 0 heterocycles. The van der Waals surface area contributed by atoms with Crippen molar-refractivity contribution in [3.63, 3.8) is 0 Å². The van der Waals surface area contributed by atoms with E-state index < -0.39 is 0 Å². The summed E-state index contributed by atoms with van der Waals surface area (Å²) in [5.74, 6) is 7.28. The van der Waals surface area contributed by atoms with Crippen LogP contribution >= 0.6 is 12.6 Å². The lowest BCUT2D eigenvalue weighted by molar-refractivity contribution is 0.413. The van der Waals surface area contributed by atoms with E-state index >= 15 is 0 Å². The van der Waals surface area contributed by atoms with Gasteiger partial charge in [-0.05, 0) is 24.6 Å². The molecule has 0 aliphatic heterocycles. The molecule has 0 radical (unpaired) electrons. The zero-order valence-electron chi connectivity index (χ0n) is 7.79. The molecular weight excluding hydrogens is 180 g/mol. The maximum atomic E-state index is 5.20. The van der Waals surface area contributed by atoms with Crippen molar-refractivity contribution in [2.45, 2.75) is 6.92 Å². The van der Waals surface area contributed by atoms with Gasteiger partial charge in [0.25, 0.3) is 0 Å². The smallest absolute Gasteiger partial charge is 0.134 e. The van der Waals surface area contributed by atoms with Crippen molar-refractivity contribution in [1.82, 2.24) is 0 Å². The fourth-order valence-corrected chi connectivity index (χ4v) is 1.12. The standard InChI is InChI=1S/C11H12OS/c1-9-5-6-10(4-3-7-13)11(8-9)12-2/h5-6,8,13H,7H2,1-2H3. The van der Waals surface area contributed by atoms with Crippen molar-refractivity contribution in [3.8, 4) is 17.6 Å². The molecule has 1 aromatic rings. The quantitative estimate of drug-likeness (QED) is 0.530. The zero-order chi connectivity index (χ0) is 9.68. The first-order chi connectivity index (χ1) is 6.27. The molecule has 0 aliphatic carbocycles. The fraction of sp³-hybridized carbons (Fsp3) is 0.273. The van der Waals surface area contributed by atoms with Gasteiger partial charge >= 0.3 is 0 Å². The lowest BCUT2D eigenvalue weighted by Gasteiger charge is -2.03. The highest BCUT2D eigenvalue weighted by atomic mass is 32.1. The lowest BCUT2D eigenvalue weighted by atomic mass is 10.1. The van der Waals surface area contributed by atoms with Crippen LogP contribution < -0.4 is 4.74 Å². The Balaban J connectivity index is 3.06. The maximum absolute atomic E-state index is 5.20. The average Bonchev–Trinajstić information content (AvgIpc) is 2.16. The van der Waals surface area contributed by atoms with Gasteiger partial charge < -0.3 is 4.74 Å². The van der Waals surface area contributed by atoms with E-state index in [0.717, 1.165) is 11.3 Å². The topological polar surface area (TPSA) is 9.23 Å². The fourth-order valence-electron chi connectivity index (χ4n) is 1.04. The summed E-state index contributed by atoms with van der Waals surface area (Å²) in [5, 5.41) is 0. The van der Waals surface area contributed by atoms with Gasteiger partial charge in [0, 0.05) is 0 Å². The van der Waals surface area contributed by atoms with E-state index in [-0.39, 0.29) is 0 Å². The van der Waals surface area contributed by atoms with Gasteiger partial charge in [-0.15, -0.1) is 0 Å². The van der Waals surface area contributed by atoms with E-state index in [1.807, 2.05) is 25.1 Å². The van der Waals surface area contributed by atoms with Crippen LogP contribution in [-0.4, -0.2) is 12.9 Å². The van der Waals surface area contributed by atoms with Crippen molar-refractivity contribution in [1.29, 1.82) is 0 Å². The summed E-state index contributed by atoms with van der Waals surface area (Å²) in [5.41, 5.74) is 2.09.